The first-order valence-electron chi connectivity index (χ1n) is 23.7. The number of ketones is 3. The van der Waals surface area contributed by atoms with Crippen molar-refractivity contribution in [3.63, 3.8) is 0 Å². The monoisotopic (exact) mass is 962 g/mol. The van der Waals surface area contributed by atoms with Gasteiger partial charge in [0.05, 0.1) is 43.4 Å². The summed E-state index contributed by atoms with van der Waals surface area (Å²) in [6.07, 6.45) is 9.92. The van der Waals surface area contributed by atoms with E-state index in [-0.39, 0.29) is 72.0 Å². The van der Waals surface area contributed by atoms with E-state index < -0.39 is 94.1 Å². The first kappa shape index (κ1) is 50.0. The van der Waals surface area contributed by atoms with Gasteiger partial charge in [-0.3, -0.25) is 19.2 Å². The van der Waals surface area contributed by atoms with Gasteiger partial charge in [-0.2, -0.15) is 4.79 Å². The molecule has 17 heteroatoms. The number of amides is 1. The van der Waals surface area contributed by atoms with Gasteiger partial charge in [0.2, 0.25) is 11.6 Å². The Labute approximate surface area is 407 Å². The van der Waals surface area contributed by atoms with Crippen LogP contribution in [0.3, 0.4) is 0 Å². The van der Waals surface area contributed by atoms with Crippen LogP contribution in [0.15, 0.2) is 96.6 Å². The van der Waals surface area contributed by atoms with E-state index in [0.717, 1.165) is 5.56 Å². The van der Waals surface area contributed by atoms with Crippen molar-refractivity contribution in [2.24, 2.45) is 23.7 Å². The maximum absolute atomic E-state index is 14.9. The number of rotatable bonds is 5. The third-order valence-corrected chi connectivity index (χ3v) is 14.0. The number of methoxy groups -OCH3 is 1. The van der Waals surface area contributed by atoms with Crippen LogP contribution in [0, 0.1) is 30.6 Å². The van der Waals surface area contributed by atoms with E-state index in [1.807, 2.05) is 82.5 Å². The molecule has 0 radical (unpaired) electrons. The highest BCUT2D eigenvalue weighted by atomic mass is 16.7. The highest BCUT2D eigenvalue weighted by Gasteiger charge is 2.53. The van der Waals surface area contributed by atoms with Crippen LogP contribution in [0.2, 0.25) is 0 Å². The number of nitrogens with zero attached hydrogens (tertiary/aromatic N) is 3. The standard InChI is InChI=1S/C53H62N4O13/c1-29-15-14-16-30(2)50(62)54-40-41(56-22-25-65-26-23-56)44(60)37-38(43(40)59)42(58)32(4)48-39(37)49(61)53(9,70-48)66-24-19-36(64-10)31(3)46(34(6)47-33(5)45(29)68-52(7,8)69-47)67-51(63)57-21-20-55(28-57)27-35-17-12-11-13-18-35/h11-21,24,28-29,31,33-34,36,45-47H,22-23,25-27H2,1-10H3,(H-,54,58,59,60,61,62)/b15-14+,24-19+,30-16-/t29-,31+,33+,34-,36-,45-,46+,47+,53-/m0/s1. The summed E-state index contributed by atoms with van der Waals surface area (Å²) < 4.78 is 46.9. The van der Waals surface area contributed by atoms with E-state index in [1.165, 1.54) is 31.8 Å². The number of Topliss-reactive ketones (excluding diaryl/α,β-unsaturated/α-hetero) is 3. The average Bonchev–Trinajstić information content (AvgIpc) is 3.91. The minimum atomic E-state index is -2.11. The summed E-state index contributed by atoms with van der Waals surface area (Å²) in [5, 5.41) is 16.8. The van der Waals surface area contributed by atoms with Crippen molar-refractivity contribution in [1.29, 1.82) is 0 Å². The van der Waals surface area contributed by atoms with Crippen molar-refractivity contribution < 1.29 is 66.8 Å². The molecule has 7 bridgehead atoms. The average molecular weight is 963 g/mol. The van der Waals surface area contributed by atoms with Crippen LogP contribution in [-0.2, 0) is 39.8 Å². The molecule has 1 aromatic heterocycles. The fraction of sp³-hybridized carbons (Fsp3) is 0.472. The summed E-state index contributed by atoms with van der Waals surface area (Å²) in [6.45, 7) is 17.2. The number of carbonyl (C=O) groups is 5. The zero-order valence-corrected chi connectivity index (χ0v) is 41.3. The van der Waals surface area contributed by atoms with E-state index in [1.54, 1.807) is 48.8 Å². The van der Waals surface area contributed by atoms with Crippen LogP contribution < -0.4 is 19.7 Å². The van der Waals surface area contributed by atoms with Crippen LogP contribution >= 0.6 is 0 Å². The molecule has 1 aliphatic carbocycles. The number of benzene rings is 2. The fourth-order valence-corrected chi connectivity index (χ4v) is 10.2. The number of hydrogen-bond donors (Lipinski definition) is 1. The Kier molecular flexibility index (Phi) is 14.1. The van der Waals surface area contributed by atoms with E-state index >= 15 is 0 Å². The number of hydrogen-bond acceptors (Lipinski definition) is 14. The van der Waals surface area contributed by atoms with E-state index in [0.29, 0.717) is 6.54 Å². The van der Waals surface area contributed by atoms with Crippen LogP contribution in [-0.4, -0.2) is 108 Å². The lowest BCUT2D eigenvalue weighted by atomic mass is 9.77. The van der Waals surface area contributed by atoms with Gasteiger partial charge in [-0.05, 0) is 44.9 Å². The van der Waals surface area contributed by atoms with Gasteiger partial charge in [0.1, 0.15) is 42.2 Å². The van der Waals surface area contributed by atoms with Crippen molar-refractivity contribution in [2.75, 3.05) is 33.4 Å². The SMILES string of the molecule is CO[C@H]1/C=C/O[C@@]2(C)Oc3c(C)c([O-])c4c(c3C2=O)C(=O)C(N2CCOCC2)=C(NC(=O)/C(C)=C\C=C\[C@H](C)[C@@H]2OC(C)(C)O[C@@H]([C@@H](C)[C@H](OC(=O)n3cc[n+](Cc5ccccc5)c3)[C@@H]1C)[C@@H]2C)C4=O. The Bertz CT molecular complexity index is 2700. The zero-order valence-electron chi connectivity index (χ0n) is 41.3. The lowest BCUT2D eigenvalue weighted by molar-refractivity contribution is -0.687. The molecule has 9 rings (SSSR count). The Morgan fingerprint density at radius 1 is 0.900 bits per heavy atom. The topological polar surface area (TPSA) is 197 Å². The van der Waals surface area contributed by atoms with Crippen molar-refractivity contribution in [3.8, 4) is 11.5 Å². The maximum atomic E-state index is 14.9. The Morgan fingerprint density at radius 2 is 1.60 bits per heavy atom. The molecule has 372 valence electrons. The number of nitrogens with one attached hydrogen (secondary N) is 1. The quantitative estimate of drug-likeness (QED) is 0.305. The molecule has 2 fully saturated rings. The molecule has 17 nitrogen and oxygen atoms in total. The van der Waals surface area contributed by atoms with Crippen molar-refractivity contribution in [2.45, 2.75) is 105 Å². The second-order valence-corrected chi connectivity index (χ2v) is 19.4. The second kappa shape index (κ2) is 19.8. The number of ether oxygens (including phenoxy) is 7. The Hall–Kier alpha value is -6.40. The van der Waals surface area contributed by atoms with Gasteiger partial charge in [-0.1, -0.05) is 82.0 Å². The number of imidazole rings is 1. The predicted molar refractivity (Wildman–Crippen MR) is 250 cm³/mol. The smallest absolute Gasteiger partial charge is 0.511 e. The number of aromatic nitrogens is 2. The Morgan fingerprint density at radius 3 is 2.30 bits per heavy atom. The number of carbonyl (C=O) groups excluding carboxylic acids is 5. The molecule has 2 aromatic carbocycles. The maximum Gasteiger partial charge on any atom is 0.511 e. The van der Waals surface area contributed by atoms with Crippen LogP contribution in [0.5, 0.6) is 11.5 Å². The number of fused-ring (bicyclic) bond motifs is 10. The van der Waals surface area contributed by atoms with E-state index in [9.17, 15) is 29.1 Å². The highest BCUT2D eigenvalue weighted by molar-refractivity contribution is 6.32. The molecule has 6 aliphatic rings. The summed E-state index contributed by atoms with van der Waals surface area (Å²) in [5.41, 5.74) is -0.620. The molecule has 0 spiro atoms. The molecule has 3 aromatic rings. The summed E-state index contributed by atoms with van der Waals surface area (Å²) >= 11 is 0. The molecule has 5 aliphatic heterocycles. The van der Waals surface area contributed by atoms with Crippen LogP contribution in [0.25, 0.3) is 0 Å². The van der Waals surface area contributed by atoms with Crippen LogP contribution in [0.1, 0.15) is 97.6 Å². The largest absolute Gasteiger partial charge is 0.872 e. The van der Waals surface area contributed by atoms with Gasteiger partial charge >= 0.3 is 11.9 Å². The van der Waals surface area contributed by atoms with Gasteiger partial charge in [-0.25, -0.2) is 4.57 Å². The fourth-order valence-electron chi connectivity index (χ4n) is 10.2. The predicted octanol–water partition coefficient (Wildman–Crippen LogP) is 5.72. The normalized spacial score (nSPS) is 31.0. The molecule has 70 heavy (non-hydrogen) atoms. The molecule has 9 atom stereocenters. The zero-order chi connectivity index (χ0) is 50.4. The number of allylic oxidation sites excluding steroid dienone is 4. The van der Waals surface area contributed by atoms with Gasteiger partial charge in [0, 0.05) is 67.5 Å². The molecule has 6 heterocycles. The highest BCUT2D eigenvalue weighted by Crippen LogP contribution is 2.48. The van der Waals surface area contributed by atoms with E-state index in [2.05, 4.69) is 5.32 Å². The minimum absolute atomic E-state index is 0.0926. The second-order valence-electron chi connectivity index (χ2n) is 19.4. The lowest BCUT2D eigenvalue weighted by Crippen LogP contribution is -2.56. The van der Waals surface area contributed by atoms with Gasteiger partial charge in [0.25, 0.3) is 18.0 Å². The summed E-state index contributed by atoms with van der Waals surface area (Å²) in [6, 6.07) is 9.85. The van der Waals surface area contributed by atoms with E-state index in [4.69, 9.17) is 33.2 Å². The molecule has 0 saturated carbocycles. The summed E-state index contributed by atoms with van der Waals surface area (Å²) in [7, 11) is 1.50. The van der Waals surface area contributed by atoms with Crippen LogP contribution in [0.4, 0.5) is 4.79 Å². The summed E-state index contributed by atoms with van der Waals surface area (Å²) in [5.74, 6) is -8.95. The third kappa shape index (κ3) is 9.46. The lowest BCUT2D eigenvalue weighted by Gasteiger charge is -2.50. The van der Waals surface area contributed by atoms with Crippen molar-refractivity contribution in [1.82, 2.24) is 14.8 Å². The molecule has 2 saturated heterocycles. The molecular formula is C53H62N4O13. The molecular weight excluding hydrogens is 901 g/mol. The van der Waals surface area contributed by atoms with Crippen molar-refractivity contribution in [3.05, 3.63) is 124 Å². The minimum Gasteiger partial charge on any atom is -0.872 e. The molecule has 1 amide bonds. The van der Waals surface area contributed by atoms with Gasteiger partial charge < -0.3 is 48.5 Å². The molecule has 1 N–H and O–H groups in total. The van der Waals surface area contributed by atoms with Crippen molar-refractivity contribution >= 4 is 29.4 Å². The number of morpholine rings is 1. The summed E-state index contributed by atoms with van der Waals surface area (Å²) in [4.78, 5) is 74.0. The van der Waals surface area contributed by atoms with Gasteiger partial charge in [-0.15, -0.1) is 4.57 Å². The third-order valence-electron chi connectivity index (χ3n) is 14.0. The first-order chi connectivity index (χ1) is 33.2. The Balaban J connectivity index is 1.20. The first-order valence-corrected chi connectivity index (χ1v) is 23.7. The molecule has 0 unspecified atom stereocenters. The van der Waals surface area contributed by atoms with Gasteiger partial charge in [0.15, 0.2) is 5.79 Å².